The van der Waals surface area contributed by atoms with Gasteiger partial charge in [0.15, 0.2) is 0 Å². The predicted molar refractivity (Wildman–Crippen MR) is 76.0 cm³/mol. The number of rotatable bonds is 6. The summed E-state index contributed by atoms with van der Waals surface area (Å²) in [5.74, 6) is 0.358. The van der Waals surface area contributed by atoms with Crippen molar-refractivity contribution in [3.8, 4) is 5.75 Å². The summed E-state index contributed by atoms with van der Waals surface area (Å²) in [6.07, 6.45) is 6.50. The van der Waals surface area contributed by atoms with Crippen molar-refractivity contribution in [1.29, 1.82) is 0 Å². The summed E-state index contributed by atoms with van der Waals surface area (Å²) >= 11 is 0. The minimum Gasteiger partial charge on any atom is -0.508 e. The molecule has 2 unspecified atom stereocenters. The molecule has 4 heteroatoms. The number of phenolic OH excluding ortho intramolecular Hbond substituents is 1. The average molecular weight is 259 g/mol. The molecule has 2 N–H and O–H groups in total. The van der Waals surface area contributed by atoms with Gasteiger partial charge in [0.05, 0.1) is 6.33 Å². The normalized spacial score (nSPS) is 14.2. The number of nitrogens with one attached hydrogen (secondary N) is 1. The highest BCUT2D eigenvalue weighted by Crippen LogP contribution is 2.26. The summed E-state index contributed by atoms with van der Waals surface area (Å²) in [4.78, 5) is 4.04. The molecular weight excluding hydrogens is 238 g/mol. The van der Waals surface area contributed by atoms with Gasteiger partial charge in [-0.05, 0) is 19.4 Å². The summed E-state index contributed by atoms with van der Waals surface area (Å²) in [5.41, 5.74) is 0.961. The van der Waals surface area contributed by atoms with Gasteiger partial charge < -0.3 is 15.0 Å². The highest BCUT2D eigenvalue weighted by Gasteiger charge is 2.15. The van der Waals surface area contributed by atoms with Crippen LogP contribution in [0.25, 0.3) is 0 Å². The molecule has 0 amide bonds. The molecule has 2 rings (SSSR count). The number of nitrogens with zero attached hydrogens (tertiary/aromatic N) is 2. The molecule has 2 atom stereocenters. The van der Waals surface area contributed by atoms with Crippen molar-refractivity contribution >= 4 is 0 Å². The van der Waals surface area contributed by atoms with Gasteiger partial charge in [-0.3, -0.25) is 0 Å². The lowest BCUT2D eigenvalue weighted by molar-refractivity contribution is 0.390. The third-order valence-electron chi connectivity index (χ3n) is 3.25. The van der Waals surface area contributed by atoms with E-state index in [1.807, 2.05) is 30.7 Å². The molecule has 0 aliphatic heterocycles. The molecule has 2 aromatic rings. The second kappa shape index (κ2) is 6.38. The van der Waals surface area contributed by atoms with E-state index in [0.29, 0.717) is 11.8 Å². The number of hydrogen-bond donors (Lipinski definition) is 2. The minimum atomic E-state index is 0.166. The van der Waals surface area contributed by atoms with Gasteiger partial charge in [0.1, 0.15) is 5.75 Å². The second-order valence-corrected chi connectivity index (χ2v) is 4.85. The fraction of sp³-hybridized carbons (Fsp3) is 0.400. The molecule has 0 aliphatic rings. The maximum Gasteiger partial charge on any atom is 0.120 e. The molecule has 102 valence electrons. The number of hydrogen-bond acceptors (Lipinski definition) is 3. The minimum absolute atomic E-state index is 0.166. The molecule has 1 aromatic heterocycles. The van der Waals surface area contributed by atoms with E-state index in [2.05, 4.69) is 28.7 Å². The quantitative estimate of drug-likeness (QED) is 0.838. The summed E-state index contributed by atoms with van der Waals surface area (Å²) in [6.45, 7) is 5.13. The molecule has 0 spiro atoms. The first kappa shape index (κ1) is 13.6. The first-order chi connectivity index (χ1) is 9.20. The Morgan fingerprint density at radius 2 is 2.16 bits per heavy atom. The highest BCUT2D eigenvalue weighted by atomic mass is 16.3. The lowest BCUT2D eigenvalue weighted by Crippen LogP contribution is -2.33. The summed E-state index contributed by atoms with van der Waals surface area (Å²) in [5, 5.41) is 13.5. The van der Waals surface area contributed by atoms with Gasteiger partial charge in [-0.15, -0.1) is 0 Å². The van der Waals surface area contributed by atoms with Crippen molar-refractivity contribution in [2.24, 2.45) is 0 Å². The number of aromatic hydroxyl groups is 1. The van der Waals surface area contributed by atoms with Crippen molar-refractivity contribution < 1.29 is 5.11 Å². The van der Waals surface area contributed by atoms with E-state index < -0.39 is 0 Å². The van der Waals surface area contributed by atoms with Crippen LogP contribution in [-0.2, 0) is 6.54 Å². The van der Waals surface area contributed by atoms with Gasteiger partial charge in [-0.25, -0.2) is 4.98 Å². The summed E-state index contributed by atoms with van der Waals surface area (Å²) in [7, 11) is 0. The Morgan fingerprint density at radius 1 is 1.37 bits per heavy atom. The van der Waals surface area contributed by atoms with E-state index in [0.717, 1.165) is 18.5 Å². The van der Waals surface area contributed by atoms with E-state index in [-0.39, 0.29) is 6.04 Å². The molecule has 0 saturated carbocycles. The lowest BCUT2D eigenvalue weighted by atomic mass is 10.0. The molecule has 0 aliphatic carbocycles. The molecule has 19 heavy (non-hydrogen) atoms. The van der Waals surface area contributed by atoms with Gasteiger partial charge in [-0.2, -0.15) is 0 Å². The van der Waals surface area contributed by atoms with Crippen LogP contribution in [0.4, 0.5) is 0 Å². The van der Waals surface area contributed by atoms with Crippen molar-refractivity contribution in [1.82, 2.24) is 14.9 Å². The van der Waals surface area contributed by atoms with Crippen LogP contribution in [0.15, 0.2) is 43.0 Å². The molecule has 1 heterocycles. The van der Waals surface area contributed by atoms with Crippen LogP contribution >= 0.6 is 0 Å². The number of benzene rings is 1. The topological polar surface area (TPSA) is 50.1 Å². The molecule has 0 bridgehead atoms. The van der Waals surface area contributed by atoms with Gasteiger partial charge in [0, 0.05) is 36.6 Å². The fourth-order valence-corrected chi connectivity index (χ4v) is 2.32. The van der Waals surface area contributed by atoms with E-state index in [9.17, 15) is 5.11 Å². The Balaban J connectivity index is 2.01. The van der Waals surface area contributed by atoms with Crippen LogP contribution in [0.1, 0.15) is 31.9 Å². The standard InChI is InChI=1S/C15H21N3O/c1-3-14(13-6-4-5-7-15(13)19)17-12(2)10-18-9-8-16-11-18/h4-9,11-12,14,17,19H,3,10H2,1-2H3. The Labute approximate surface area is 114 Å². The van der Waals surface area contributed by atoms with E-state index in [1.54, 1.807) is 12.3 Å². The van der Waals surface area contributed by atoms with Gasteiger partial charge in [-0.1, -0.05) is 25.1 Å². The Hall–Kier alpha value is -1.81. The number of imidazole rings is 1. The first-order valence-electron chi connectivity index (χ1n) is 6.70. The fourth-order valence-electron chi connectivity index (χ4n) is 2.32. The van der Waals surface area contributed by atoms with Crippen LogP contribution in [-0.4, -0.2) is 20.7 Å². The average Bonchev–Trinajstić information content (AvgIpc) is 2.89. The van der Waals surface area contributed by atoms with Crippen LogP contribution in [0, 0.1) is 0 Å². The zero-order chi connectivity index (χ0) is 13.7. The van der Waals surface area contributed by atoms with Crippen molar-refractivity contribution in [2.45, 2.75) is 38.9 Å². The van der Waals surface area contributed by atoms with Crippen molar-refractivity contribution in [3.05, 3.63) is 48.5 Å². The molecule has 1 aromatic carbocycles. The van der Waals surface area contributed by atoms with Crippen LogP contribution < -0.4 is 5.32 Å². The van der Waals surface area contributed by atoms with Crippen molar-refractivity contribution in [2.75, 3.05) is 0 Å². The monoisotopic (exact) mass is 259 g/mol. The van der Waals surface area contributed by atoms with E-state index >= 15 is 0 Å². The van der Waals surface area contributed by atoms with Crippen LogP contribution in [0.5, 0.6) is 5.75 Å². The molecule has 0 fully saturated rings. The zero-order valence-corrected chi connectivity index (χ0v) is 11.5. The SMILES string of the molecule is CCC(NC(C)Cn1ccnc1)c1ccccc1O. The third kappa shape index (κ3) is 3.58. The maximum atomic E-state index is 9.93. The summed E-state index contributed by atoms with van der Waals surface area (Å²) < 4.78 is 2.05. The van der Waals surface area contributed by atoms with Crippen LogP contribution in [0.2, 0.25) is 0 Å². The number of phenols is 1. The summed E-state index contributed by atoms with van der Waals surface area (Å²) in [6, 6.07) is 7.99. The molecule has 0 radical (unpaired) electrons. The maximum absolute atomic E-state index is 9.93. The lowest BCUT2D eigenvalue weighted by Gasteiger charge is -2.23. The highest BCUT2D eigenvalue weighted by molar-refractivity contribution is 5.34. The van der Waals surface area contributed by atoms with Crippen molar-refractivity contribution in [3.63, 3.8) is 0 Å². The number of para-hydroxylation sites is 1. The van der Waals surface area contributed by atoms with E-state index in [1.165, 1.54) is 0 Å². The second-order valence-electron chi connectivity index (χ2n) is 4.85. The zero-order valence-electron chi connectivity index (χ0n) is 11.5. The van der Waals surface area contributed by atoms with Crippen LogP contribution in [0.3, 0.4) is 0 Å². The Kier molecular flexibility index (Phi) is 4.58. The molecular formula is C15H21N3O. The Bertz CT molecular complexity index is 496. The predicted octanol–water partition coefficient (Wildman–Crippen LogP) is 2.72. The first-order valence-corrected chi connectivity index (χ1v) is 6.70. The Morgan fingerprint density at radius 3 is 2.79 bits per heavy atom. The largest absolute Gasteiger partial charge is 0.508 e. The molecule has 4 nitrogen and oxygen atoms in total. The smallest absolute Gasteiger partial charge is 0.120 e. The van der Waals surface area contributed by atoms with E-state index in [4.69, 9.17) is 0 Å². The third-order valence-corrected chi connectivity index (χ3v) is 3.25. The van der Waals surface area contributed by atoms with Gasteiger partial charge in [0.2, 0.25) is 0 Å². The molecule has 0 saturated heterocycles. The van der Waals surface area contributed by atoms with Gasteiger partial charge in [0.25, 0.3) is 0 Å². The number of aromatic nitrogens is 2. The van der Waals surface area contributed by atoms with Gasteiger partial charge >= 0.3 is 0 Å².